The van der Waals surface area contributed by atoms with Gasteiger partial charge in [-0.15, -0.1) is 0 Å². The number of nitrogen functional groups attached to an aromatic ring is 1. The van der Waals surface area contributed by atoms with Gasteiger partial charge in [0.15, 0.2) is 11.6 Å². The maximum absolute atomic E-state index is 13.7. The van der Waals surface area contributed by atoms with Gasteiger partial charge in [-0.3, -0.25) is 0 Å². The molecule has 2 aromatic rings. The third-order valence-corrected chi connectivity index (χ3v) is 3.93. The van der Waals surface area contributed by atoms with Crippen LogP contribution in [0.3, 0.4) is 0 Å². The lowest BCUT2D eigenvalue weighted by atomic mass is 10.3. The summed E-state index contributed by atoms with van der Waals surface area (Å²) in [6, 6.07) is 6.66. The average molecular weight is 357 g/mol. The van der Waals surface area contributed by atoms with Crippen LogP contribution in [0.5, 0.6) is 5.75 Å². The van der Waals surface area contributed by atoms with Gasteiger partial charge in [0.2, 0.25) is 0 Å². The van der Waals surface area contributed by atoms with Crippen LogP contribution < -0.4 is 10.5 Å². The van der Waals surface area contributed by atoms with E-state index in [1.54, 1.807) is 12.3 Å². The van der Waals surface area contributed by atoms with E-state index in [1.807, 2.05) is 19.1 Å². The van der Waals surface area contributed by atoms with Crippen LogP contribution in [0.4, 0.5) is 10.1 Å². The Kier molecular flexibility index (Phi) is 5.25. The van der Waals surface area contributed by atoms with Crippen molar-refractivity contribution in [3.63, 3.8) is 0 Å². The molecule has 0 amide bonds. The second kappa shape index (κ2) is 6.95. The van der Waals surface area contributed by atoms with Crippen molar-refractivity contribution in [1.29, 1.82) is 0 Å². The van der Waals surface area contributed by atoms with Crippen LogP contribution in [-0.4, -0.2) is 11.6 Å². The quantitative estimate of drug-likeness (QED) is 0.800. The van der Waals surface area contributed by atoms with Crippen LogP contribution in [0.25, 0.3) is 0 Å². The van der Waals surface area contributed by atoms with E-state index in [0.29, 0.717) is 12.3 Å². The van der Waals surface area contributed by atoms with E-state index < -0.39 is 5.82 Å². The predicted octanol–water partition coefficient (Wildman–Crippen LogP) is 4.51. The Morgan fingerprint density at radius 3 is 2.85 bits per heavy atom. The first kappa shape index (κ1) is 15.1. The first-order valence-corrected chi connectivity index (χ1v) is 7.72. The minimum Gasteiger partial charge on any atom is -0.490 e. The first-order chi connectivity index (χ1) is 9.60. The van der Waals surface area contributed by atoms with Gasteiger partial charge < -0.3 is 10.5 Å². The second-order valence-electron chi connectivity index (χ2n) is 4.09. The molecule has 0 saturated heterocycles. The summed E-state index contributed by atoms with van der Waals surface area (Å²) in [5.41, 5.74) is 6.22. The van der Waals surface area contributed by atoms with Gasteiger partial charge in [0.1, 0.15) is 5.03 Å². The van der Waals surface area contributed by atoms with Gasteiger partial charge in [-0.1, -0.05) is 18.7 Å². The fraction of sp³-hybridized carbons (Fsp3) is 0.214. The van der Waals surface area contributed by atoms with E-state index in [1.165, 1.54) is 17.8 Å². The number of pyridine rings is 1. The molecule has 3 nitrogen and oxygen atoms in total. The lowest BCUT2D eigenvalue weighted by Gasteiger charge is -2.10. The Labute approximate surface area is 129 Å². The molecule has 6 heteroatoms. The maximum atomic E-state index is 13.7. The van der Waals surface area contributed by atoms with Crippen LogP contribution in [0.2, 0.25) is 0 Å². The second-order valence-corrected chi connectivity index (χ2v) is 6.06. The molecule has 2 rings (SSSR count). The Morgan fingerprint density at radius 1 is 1.40 bits per heavy atom. The van der Waals surface area contributed by atoms with Gasteiger partial charge in [-0.2, -0.15) is 0 Å². The highest BCUT2D eigenvalue weighted by atomic mass is 79.9. The summed E-state index contributed by atoms with van der Waals surface area (Å²) in [7, 11) is 0. The molecule has 0 atom stereocenters. The smallest absolute Gasteiger partial charge is 0.167 e. The van der Waals surface area contributed by atoms with Gasteiger partial charge in [0.05, 0.1) is 6.61 Å². The van der Waals surface area contributed by atoms with E-state index in [9.17, 15) is 4.39 Å². The predicted molar refractivity (Wildman–Crippen MR) is 82.7 cm³/mol. The lowest BCUT2D eigenvalue weighted by Crippen LogP contribution is -1.99. The standard InChI is InChI=1S/C14H14BrFN2OS/c1-2-5-19-12-7-13(11(17)6-10(12)16)20-14-4-3-9(15)8-18-14/h3-4,6-8H,2,5,17H2,1H3. The summed E-state index contributed by atoms with van der Waals surface area (Å²) in [4.78, 5) is 4.98. The zero-order valence-electron chi connectivity index (χ0n) is 10.9. The van der Waals surface area contributed by atoms with Crippen LogP contribution in [0, 0.1) is 5.82 Å². The highest BCUT2D eigenvalue weighted by molar-refractivity contribution is 9.10. The molecule has 0 saturated carbocycles. The summed E-state index contributed by atoms with van der Waals surface area (Å²) >= 11 is 4.70. The van der Waals surface area contributed by atoms with E-state index in [-0.39, 0.29) is 5.75 Å². The fourth-order valence-electron chi connectivity index (χ4n) is 1.50. The molecule has 2 N–H and O–H groups in total. The maximum Gasteiger partial charge on any atom is 0.167 e. The van der Waals surface area contributed by atoms with Crippen molar-refractivity contribution >= 4 is 33.4 Å². The minimum absolute atomic E-state index is 0.223. The number of hydrogen-bond donors (Lipinski definition) is 1. The van der Waals surface area contributed by atoms with Crippen molar-refractivity contribution in [3.05, 3.63) is 40.8 Å². The van der Waals surface area contributed by atoms with Crippen LogP contribution >= 0.6 is 27.7 Å². The zero-order valence-corrected chi connectivity index (χ0v) is 13.3. The van der Waals surface area contributed by atoms with Gasteiger partial charge >= 0.3 is 0 Å². The molecule has 0 radical (unpaired) electrons. The number of aromatic nitrogens is 1. The van der Waals surface area contributed by atoms with E-state index >= 15 is 0 Å². The van der Waals surface area contributed by atoms with Crippen LogP contribution in [0.15, 0.2) is 44.9 Å². The number of rotatable bonds is 5. The molecule has 0 aliphatic carbocycles. The Hall–Kier alpha value is -1.27. The molecule has 1 aromatic heterocycles. The van der Waals surface area contributed by atoms with E-state index in [4.69, 9.17) is 10.5 Å². The van der Waals surface area contributed by atoms with Crippen molar-refractivity contribution in [2.24, 2.45) is 0 Å². The third kappa shape index (κ3) is 3.86. The number of nitrogens with zero attached hydrogens (tertiary/aromatic N) is 1. The summed E-state index contributed by atoms with van der Waals surface area (Å²) in [6.07, 6.45) is 2.52. The van der Waals surface area contributed by atoms with Crippen molar-refractivity contribution in [3.8, 4) is 5.75 Å². The van der Waals surface area contributed by atoms with Gasteiger partial charge in [0, 0.05) is 27.3 Å². The van der Waals surface area contributed by atoms with Crippen molar-refractivity contribution in [2.75, 3.05) is 12.3 Å². The highest BCUT2D eigenvalue weighted by Crippen LogP contribution is 2.35. The molecule has 1 aromatic carbocycles. The number of nitrogens with two attached hydrogens (primary N) is 1. The highest BCUT2D eigenvalue weighted by Gasteiger charge is 2.11. The van der Waals surface area contributed by atoms with Gasteiger partial charge in [-0.25, -0.2) is 9.37 Å². The molecule has 1 heterocycles. The van der Waals surface area contributed by atoms with Crippen molar-refractivity contribution in [1.82, 2.24) is 4.98 Å². The van der Waals surface area contributed by atoms with Crippen LogP contribution in [-0.2, 0) is 0 Å². The Bertz CT molecular complexity index is 592. The average Bonchev–Trinajstić information content (AvgIpc) is 2.43. The summed E-state index contributed by atoms with van der Waals surface area (Å²) < 4.78 is 20.0. The molecular formula is C14H14BrFN2OS. The number of benzene rings is 1. The van der Waals surface area contributed by atoms with Gasteiger partial charge in [-0.05, 0) is 40.5 Å². The zero-order chi connectivity index (χ0) is 14.5. The molecule has 0 spiro atoms. The minimum atomic E-state index is -0.441. The largest absolute Gasteiger partial charge is 0.490 e. The monoisotopic (exact) mass is 356 g/mol. The molecule has 0 unspecified atom stereocenters. The summed E-state index contributed by atoms with van der Waals surface area (Å²) in [6.45, 7) is 2.44. The molecule has 0 bridgehead atoms. The van der Waals surface area contributed by atoms with Crippen molar-refractivity contribution in [2.45, 2.75) is 23.3 Å². The Morgan fingerprint density at radius 2 is 2.20 bits per heavy atom. The molecule has 0 aliphatic rings. The van der Waals surface area contributed by atoms with Gasteiger partial charge in [0.25, 0.3) is 0 Å². The number of halogens is 2. The molecule has 106 valence electrons. The summed E-state index contributed by atoms with van der Waals surface area (Å²) in [5.74, 6) is -0.218. The lowest BCUT2D eigenvalue weighted by molar-refractivity contribution is 0.300. The van der Waals surface area contributed by atoms with Crippen molar-refractivity contribution < 1.29 is 9.13 Å². The number of hydrogen-bond acceptors (Lipinski definition) is 4. The SMILES string of the molecule is CCCOc1cc(Sc2ccc(Br)cn2)c(N)cc1F. The Balaban J connectivity index is 2.24. The topological polar surface area (TPSA) is 48.1 Å². The van der Waals surface area contributed by atoms with E-state index in [0.717, 1.165) is 20.8 Å². The third-order valence-electron chi connectivity index (χ3n) is 2.44. The fourth-order valence-corrected chi connectivity index (χ4v) is 2.54. The van der Waals surface area contributed by atoms with Crippen LogP contribution in [0.1, 0.15) is 13.3 Å². The first-order valence-electron chi connectivity index (χ1n) is 6.11. The molecule has 0 fully saturated rings. The normalized spacial score (nSPS) is 10.6. The number of anilines is 1. The number of ether oxygens (including phenoxy) is 1. The molecule has 20 heavy (non-hydrogen) atoms. The molecule has 0 aliphatic heterocycles. The van der Waals surface area contributed by atoms with E-state index in [2.05, 4.69) is 20.9 Å². The molecular weight excluding hydrogens is 343 g/mol. The summed E-state index contributed by atoms with van der Waals surface area (Å²) in [5, 5.41) is 0.785.